The summed E-state index contributed by atoms with van der Waals surface area (Å²) in [7, 11) is 1.62. The van der Waals surface area contributed by atoms with Gasteiger partial charge in [-0.3, -0.25) is 0 Å². The van der Waals surface area contributed by atoms with Gasteiger partial charge in [0.15, 0.2) is 11.5 Å². The third-order valence-corrected chi connectivity index (χ3v) is 2.25. The molecule has 0 aliphatic carbocycles. The summed E-state index contributed by atoms with van der Waals surface area (Å²) in [4.78, 5) is 0. The minimum atomic E-state index is 0.247. The van der Waals surface area contributed by atoms with E-state index < -0.39 is 0 Å². The Morgan fingerprint density at radius 3 is 2.71 bits per heavy atom. The number of terminal acetylenes is 1. The molecule has 0 spiro atoms. The van der Waals surface area contributed by atoms with Crippen LogP contribution in [0, 0.1) is 12.3 Å². The highest BCUT2D eigenvalue weighted by Gasteiger charge is 2.05. The topological polar surface area (TPSA) is 30.5 Å². The van der Waals surface area contributed by atoms with Crippen LogP contribution in [0.1, 0.15) is 19.4 Å². The lowest BCUT2D eigenvalue weighted by Gasteiger charge is -2.12. The van der Waals surface area contributed by atoms with Gasteiger partial charge in [-0.25, -0.2) is 0 Å². The molecule has 3 nitrogen and oxygen atoms in total. The predicted octanol–water partition coefficient (Wildman–Crippen LogP) is 2.21. The molecule has 1 N–H and O–H groups in total. The normalized spacial score (nSPS) is 10.1. The number of nitrogens with one attached hydrogen (secondary N) is 1. The molecule has 1 aromatic carbocycles. The van der Waals surface area contributed by atoms with Crippen LogP contribution >= 0.6 is 0 Å². The molecule has 0 saturated heterocycles. The summed E-state index contributed by atoms with van der Waals surface area (Å²) in [6.07, 6.45) is 5.18. The Labute approximate surface area is 103 Å². The molecule has 0 saturated carbocycles. The summed E-state index contributed by atoms with van der Waals surface area (Å²) in [6.45, 7) is 5.27. The van der Waals surface area contributed by atoms with Gasteiger partial charge in [-0.05, 0) is 17.7 Å². The van der Waals surface area contributed by atoms with Crippen LogP contribution in [0.3, 0.4) is 0 Å². The second kappa shape index (κ2) is 6.82. The summed E-state index contributed by atoms with van der Waals surface area (Å²) >= 11 is 0. The van der Waals surface area contributed by atoms with Crippen LogP contribution in [0.4, 0.5) is 0 Å². The molecule has 0 radical (unpaired) electrons. The average Bonchev–Trinajstić information content (AvgIpc) is 2.33. The molecule has 0 heterocycles. The maximum absolute atomic E-state index is 5.44. The molecule has 3 heteroatoms. The molecule has 0 amide bonds. The first-order chi connectivity index (χ1) is 8.17. The quantitative estimate of drug-likeness (QED) is 0.764. The van der Waals surface area contributed by atoms with Gasteiger partial charge >= 0.3 is 0 Å². The van der Waals surface area contributed by atoms with E-state index in [2.05, 4.69) is 25.1 Å². The van der Waals surface area contributed by atoms with Crippen molar-refractivity contribution >= 4 is 0 Å². The molecule has 1 rings (SSSR count). The van der Waals surface area contributed by atoms with Crippen molar-refractivity contribution in [3.8, 4) is 23.8 Å². The van der Waals surface area contributed by atoms with Crippen LogP contribution in [0.5, 0.6) is 11.5 Å². The first-order valence-electron chi connectivity index (χ1n) is 5.64. The Bertz CT molecular complexity index is 394. The summed E-state index contributed by atoms with van der Waals surface area (Å²) in [6, 6.07) is 6.30. The van der Waals surface area contributed by atoms with Crippen LogP contribution in [-0.4, -0.2) is 19.8 Å². The second-order valence-electron chi connectivity index (χ2n) is 4.01. The minimum Gasteiger partial charge on any atom is -0.493 e. The maximum atomic E-state index is 5.44. The molecular weight excluding hydrogens is 214 g/mol. The van der Waals surface area contributed by atoms with Crippen molar-refractivity contribution in [2.24, 2.45) is 0 Å². The Morgan fingerprint density at radius 2 is 2.12 bits per heavy atom. The largest absolute Gasteiger partial charge is 0.493 e. The second-order valence-corrected chi connectivity index (χ2v) is 4.01. The van der Waals surface area contributed by atoms with Gasteiger partial charge in [0.25, 0.3) is 0 Å². The van der Waals surface area contributed by atoms with Crippen molar-refractivity contribution in [3.05, 3.63) is 23.8 Å². The lowest BCUT2D eigenvalue weighted by atomic mass is 10.2. The zero-order valence-corrected chi connectivity index (χ0v) is 10.6. The van der Waals surface area contributed by atoms with E-state index >= 15 is 0 Å². The number of methoxy groups -OCH3 is 1. The van der Waals surface area contributed by atoms with E-state index in [0.29, 0.717) is 17.5 Å². The summed E-state index contributed by atoms with van der Waals surface area (Å²) in [5.41, 5.74) is 1.14. The van der Waals surface area contributed by atoms with E-state index in [-0.39, 0.29) is 6.61 Å². The van der Waals surface area contributed by atoms with Gasteiger partial charge in [-0.1, -0.05) is 25.8 Å². The summed E-state index contributed by atoms with van der Waals surface area (Å²) in [5, 5.41) is 3.35. The zero-order valence-electron chi connectivity index (χ0n) is 10.6. The average molecular weight is 233 g/mol. The Balaban J connectivity index is 2.77. The monoisotopic (exact) mass is 233 g/mol. The molecule has 0 aliphatic heterocycles. The molecule has 1 aromatic rings. The predicted molar refractivity (Wildman–Crippen MR) is 69.3 cm³/mol. The van der Waals surface area contributed by atoms with E-state index in [9.17, 15) is 0 Å². The minimum absolute atomic E-state index is 0.247. The number of ether oxygens (including phenoxy) is 2. The highest BCUT2D eigenvalue weighted by molar-refractivity contribution is 5.43. The fourth-order valence-corrected chi connectivity index (χ4v) is 1.39. The van der Waals surface area contributed by atoms with Crippen LogP contribution in [0.25, 0.3) is 0 Å². The highest BCUT2D eigenvalue weighted by Crippen LogP contribution is 2.27. The van der Waals surface area contributed by atoms with Crippen molar-refractivity contribution in [3.63, 3.8) is 0 Å². The van der Waals surface area contributed by atoms with Gasteiger partial charge in [0.2, 0.25) is 0 Å². The number of hydrogen-bond donors (Lipinski definition) is 1. The summed E-state index contributed by atoms with van der Waals surface area (Å²) < 4.78 is 10.6. The smallest absolute Gasteiger partial charge is 0.162 e. The van der Waals surface area contributed by atoms with Gasteiger partial charge in [-0.2, -0.15) is 0 Å². The lowest BCUT2D eigenvalue weighted by molar-refractivity contribution is 0.330. The Hall–Kier alpha value is -1.66. The molecule has 0 bridgehead atoms. The molecule has 0 aliphatic rings. The molecule has 0 unspecified atom stereocenters. The first-order valence-corrected chi connectivity index (χ1v) is 5.64. The third kappa shape index (κ3) is 4.38. The van der Waals surface area contributed by atoms with E-state index in [4.69, 9.17) is 15.9 Å². The Kier molecular flexibility index (Phi) is 5.38. The molecule has 92 valence electrons. The van der Waals surface area contributed by atoms with Gasteiger partial charge in [0.05, 0.1) is 7.11 Å². The number of benzene rings is 1. The number of rotatable bonds is 6. The molecular formula is C14H19NO2. The van der Waals surface area contributed by atoms with Crippen molar-refractivity contribution in [1.29, 1.82) is 0 Å². The van der Waals surface area contributed by atoms with Crippen LogP contribution < -0.4 is 14.8 Å². The fraction of sp³-hybridized carbons (Fsp3) is 0.429. The fourth-order valence-electron chi connectivity index (χ4n) is 1.39. The molecule has 17 heavy (non-hydrogen) atoms. The van der Waals surface area contributed by atoms with Crippen molar-refractivity contribution in [2.45, 2.75) is 26.4 Å². The van der Waals surface area contributed by atoms with E-state index in [1.165, 1.54) is 0 Å². The standard InChI is InChI=1S/C14H19NO2/c1-5-8-17-14-9-12(10-15-11(2)3)6-7-13(14)16-4/h1,6-7,9,11,15H,8,10H2,2-4H3. The molecule has 0 atom stereocenters. The van der Waals surface area contributed by atoms with Crippen molar-refractivity contribution in [2.75, 3.05) is 13.7 Å². The van der Waals surface area contributed by atoms with Crippen molar-refractivity contribution in [1.82, 2.24) is 5.32 Å². The van der Waals surface area contributed by atoms with Gasteiger partial charge in [-0.15, -0.1) is 6.42 Å². The third-order valence-electron chi connectivity index (χ3n) is 2.25. The van der Waals surface area contributed by atoms with Crippen LogP contribution in [-0.2, 0) is 6.54 Å². The van der Waals surface area contributed by atoms with Gasteiger partial charge in [0.1, 0.15) is 6.61 Å². The van der Waals surface area contributed by atoms with Crippen molar-refractivity contribution < 1.29 is 9.47 Å². The van der Waals surface area contributed by atoms with Gasteiger partial charge < -0.3 is 14.8 Å². The van der Waals surface area contributed by atoms with Crippen LogP contribution in [0.2, 0.25) is 0 Å². The van der Waals surface area contributed by atoms with E-state index in [1.54, 1.807) is 7.11 Å². The highest BCUT2D eigenvalue weighted by atomic mass is 16.5. The van der Waals surface area contributed by atoms with Crippen LogP contribution in [0.15, 0.2) is 18.2 Å². The number of hydrogen-bond acceptors (Lipinski definition) is 3. The van der Waals surface area contributed by atoms with E-state index in [1.807, 2.05) is 18.2 Å². The lowest BCUT2D eigenvalue weighted by Crippen LogP contribution is -2.21. The summed E-state index contributed by atoms with van der Waals surface area (Å²) in [5.74, 6) is 3.83. The Morgan fingerprint density at radius 1 is 1.35 bits per heavy atom. The maximum Gasteiger partial charge on any atom is 0.162 e. The zero-order chi connectivity index (χ0) is 12.7. The van der Waals surface area contributed by atoms with Gasteiger partial charge in [0, 0.05) is 12.6 Å². The molecule has 0 aromatic heterocycles. The first kappa shape index (κ1) is 13.4. The van der Waals surface area contributed by atoms with E-state index in [0.717, 1.165) is 12.1 Å². The molecule has 0 fully saturated rings. The SMILES string of the molecule is C#CCOc1cc(CNC(C)C)ccc1OC.